The lowest BCUT2D eigenvalue weighted by molar-refractivity contribution is 0.0600. The molecule has 2 aromatic carbocycles. The number of aromatic nitrogens is 2. The van der Waals surface area contributed by atoms with Gasteiger partial charge in [0.1, 0.15) is 23.2 Å². The van der Waals surface area contributed by atoms with Crippen molar-refractivity contribution in [3.05, 3.63) is 76.4 Å². The molecule has 1 N–H and O–H groups in total. The smallest absolute Gasteiger partial charge is 0.351 e. The number of thiophene rings is 1. The first kappa shape index (κ1) is 23.9. The van der Waals surface area contributed by atoms with Gasteiger partial charge in [0.15, 0.2) is 4.88 Å². The Morgan fingerprint density at radius 3 is 2.68 bits per heavy atom. The molecule has 0 aliphatic heterocycles. The fraction of sp³-hybridized carbons (Fsp3) is 0.250. The molecule has 10 heteroatoms. The van der Waals surface area contributed by atoms with Gasteiger partial charge in [0.2, 0.25) is 10.0 Å². The largest absolute Gasteiger partial charge is 0.484 e. The third-order valence-corrected chi connectivity index (χ3v) is 7.93. The third kappa shape index (κ3) is 4.84. The minimum absolute atomic E-state index is 0.148. The Hall–Kier alpha value is -3.21. The molecule has 4 aromatic rings. The summed E-state index contributed by atoms with van der Waals surface area (Å²) in [6.07, 6.45) is 1.35. The van der Waals surface area contributed by atoms with E-state index < -0.39 is 16.0 Å². The van der Waals surface area contributed by atoms with Gasteiger partial charge in [-0.15, -0.1) is 11.3 Å². The number of aryl methyl sites for hydroxylation is 1. The summed E-state index contributed by atoms with van der Waals surface area (Å²) in [4.78, 5) is 17.3. The van der Waals surface area contributed by atoms with Crippen LogP contribution in [0.3, 0.4) is 0 Å². The first-order chi connectivity index (χ1) is 16.2. The molecule has 0 radical (unpaired) electrons. The number of methoxy groups -OCH3 is 1. The van der Waals surface area contributed by atoms with Crippen molar-refractivity contribution in [3.8, 4) is 10.8 Å². The highest BCUT2D eigenvalue weighted by Crippen LogP contribution is 2.37. The molecule has 2 aromatic heterocycles. The molecule has 0 saturated heterocycles. The number of rotatable bonds is 8. The second-order valence-electron chi connectivity index (χ2n) is 7.79. The number of ether oxygens (including phenoxy) is 2. The summed E-state index contributed by atoms with van der Waals surface area (Å²) >= 11 is 1.22. The number of carbonyl (C=O) groups is 1. The van der Waals surface area contributed by atoms with Gasteiger partial charge in [-0.1, -0.05) is 30.3 Å². The highest BCUT2D eigenvalue weighted by Gasteiger charge is 2.23. The van der Waals surface area contributed by atoms with E-state index in [1.54, 1.807) is 30.6 Å². The van der Waals surface area contributed by atoms with Crippen molar-refractivity contribution < 1.29 is 22.7 Å². The van der Waals surface area contributed by atoms with Gasteiger partial charge in [-0.25, -0.2) is 22.9 Å². The quantitative estimate of drug-likeness (QED) is 0.362. The summed E-state index contributed by atoms with van der Waals surface area (Å²) in [5.74, 6) is -0.225. The molecule has 0 amide bonds. The molecule has 0 fully saturated rings. The average molecular weight is 500 g/mol. The Morgan fingerprint density at radius 1 is 1.21 bits per heavy atom. The number of carbonyl (C=O) groups excluding carboxylic acids is 1. The van der Waals surface area contributed by atoms with Crippen LogP contribution >= 0.6 is 11.3 Å². The Bertz CT molecular complexity index is 1460. The molecule has 4 rings (SSSR count). The molecule has 0 spiro atoms. The summed E-state index contributed by atoms with van der Waals surface area (Å²) in [7, 11) is -0.703. The van der Waals surface area contributed by atoms with E-state index in [4.69, 9.17) is 9.47 Å². The minimum Gasteiger partial charge on any atom is -0.484 e. The van der Waals surface area contributed by atoms with E-state index in [0.717, 1.165) is 16.6 Å². The SMILES string of the molecule is CNS(=O)(=O)Cc1ccc2ncn(-c3cc(OC(C)c4ccccc4C)c(C(=O)OC)s3)c2c1. The number of sulfonamides is 1. The summed E-state index contributed by atoms with van der Waals surface area (Å²) in [6.45, 7) is 3.95. The Labute approximate surface area is 202 Å². The van der Waals surface area contributed by atoms with Crippen molar-refractivity contribution in [2.45, 2.75) is 25.7 Å². The lowest BCUT2D eigenvalue weighted by atomic mass is 10.0. The number of esters is 1. The van der Waals surface area contributed by atoms with Gasteiger partial charge < -0.3 is 9.47 Å². The summed E-state index contributed by atoms with van der Waals surface area (Å²) in [5.41, 5.74) is 4.16. The van der Waals surface area contributed by atoms with E-state index in [0.29, 0.717) is 26.7 Å². The first-order valence-electron chi connectivity index (χ1n) is 10.5. The number of nitrogens with one attached hydrogen (secondary N) is 1. The van der Waals surface area contributed by atoms with Gasteiger partial charge in [-0.3, -0.25) is 4.57 Å². The Kier molecular flexibility index (Phi) is 6.74. The maximum Gasteiger partial charge on any atom is 0.351 e. The highest BCUT2D eigenvalue weighted by molar-refractivity contribution is 7.88. The molecule has 2 heterocycles. The molecular formula is C24H25N3O5S2. The normalized spacial score (nSPS) is 12.6. The minimum atomic E-state index is -3.42. The van der Waals surface area contributed by atoms with E-state index in [-0.39, 0.29) is 11.9 Å². The number of imidazole rings is 1. The van der Waals surface area contributed by atoms with Crippen LogP contribution in [-0.4, -0.2) is 38.1 Å². The fourth-order valence-corrected chi connectivity index (χ4v) is 5.47. The van der Waals surface area contributed by atoms with Crippen LogP contribution in [0.2, 0.25) is 0 Å². The van der Waals surface area contributed by atoms with E-state index >= 15 is 0 Å². The summed E-state index contributed by atoms with van der Waals surface area (Å²) in [6, 6.07) is 15.0. The standard InChI is InChI=1S/C24H25N3O5S2/c1-15-7-5-6-8-18(15)16(2)32-21-12-22(33-23(21)24(28)31-4)27-14-26-19-10-9-17(11-20(19)27)13-34(29,30)25-3/h5-12,14,16,25H,13H2,1-4H3. The van der Waals surface area contributed by atoms with E-state index in [1.807, 2.05) is 42.7 Å². The number of hydrogen-bond donors (Lipinski definition) is 1. The van der Waals surface area contributed by atoms with Crippen molar-refractivity contribution in [3.63, 3.8) is 0 Å². The first-order valence-corrected chi connectivity index (χ1v) is 13.0. The number of hydrogen-bond acceptors (Lipinski definition) is 7. The van der Waals surface area contributed by atoms with Crippen molar-refractivity contribution in [2.24, 2.45) is 0 Å². The zero-order valence-corrected chi connectivity index (χ0v) is 20.9. The molecule has 0 aliphatic rings. The van der Waals surface area contributed by atoms with Gasteiger partial charge in [0, 0.05) is 6.07 Å². The van der Waals surface area contributed by atoms with Crippen LogP contribution in [0.1, 0.15) is 39.4 Å². The highest BCUT2D eigenvalue weighted by atomic mass is 32.2. The van der Waals surface area contributed by atoms with Crippen LogP contribution in [-0.2, 0) is 20.5 Å². The second kappa shape index (κ2) is 9.57. The zero-order chi connectivity index (χ0) is 24.5. The zero-order valence-electron chi connectivity index (χ0n) is 19.2. The summed E-state index contributed by atoms with van der Waals surface area (Å²) in [5, 5.41) is 0.698. The molecule has 8 nitrogen and oxygen atoms in total. The monoisotopic (exact) mass is 499 g/mol. The van der Waals surface area contributed by atoms with Crippen LogP contribution in [0.25, 0.3) is 16.0 Å². The Morgan fingerprint density at radius 2 is 1.97 bits per heavy atom. The molecular weight excluding hydrogens is 474 g/mol. The number of fused-ring (bicyclic) bond motifs is 1. The summed E-state index contributed by atoms with van der Waals surface area (Å²) < 4.78 is 39.3. The molecule has 0 saturated carbocycles. The predicted molar refractivity (Wildman–Crippen MR) is 132 cm³/mol. The molecule has 34 heavy (non-hydrogen) atoms. The molecule has 0 aliphatic carbocycles. The topological polar surface area (TPSA) is 99.5 Å². The van der Waals surface area contributed by atoms with Crippen molar-refractivity contribution in [1.82, 2.24) is 14.3 Å². The van der Waals surface area contributed by atoms with Gasteiger partial charge in [-0.05, 0) is 49.7 Å². The molecule has 1 unspecified atom stereocenters. The third-order valence-electron chi connectivity index (χ3n) is 5.50. The van der Waals surface area contributed by atoms with Crippen molar-refractivity contribution in [2.75, 3.05) is 14.2 Å². The lowest BCUT2D eigenvalue weighted by Gasteiger charge is -2.16. The van der Waals surface area contributed by atoms with Gasteiger partial charge in [0.05, 0.1) is 23.9 Å². The van der Waals surface area contributed by atoms with E-state index in [1.165, 1.54) is 25.5 Å². The second-order valence-corrected chi connectivity index (χ2v) is 10.7. The Balaban J connectivity index is 1.74. The number of nitrogens with zero attached hydrogens (tertiary/aromatic N) is 2. The van der Waals surface area contributed by atoms with Crippen LogP contribution in [0.4, 0.5) is 0 Å². The maximum atomic E-state index is 12.5. The maximum absolute atomic E-state index is 12.5. The van der Waals surface area contributed by atoms with Crippen LogP contribution in [0.15, 0.2) is 54.9 Å². The predicted octanol–water partition coefficient (Wildman–Crippen LogP) is 4.37. The molecule has 178 valence electrons. The van der Waals surface area contributed by atoms with Crippen LogP contribution in [0, 0.1) is 6.92 Å². The van der Waals surface area contributed by atoms with Gasteiger partial charge in [0.25, 0.3) is 0 Å². The number of benzene rings is 2. The van der Waals surface area contributed by atoms with Gasteiger partial charge >= 0.3 is 5.97 Å². The molecule has 0 bridgehead atoms. The van der Waals surface area contributed by atoms with Crippen LogP contribution < -0.4 is 9.46 Å². The fourth-order valence-electron chi connectivity index (χ4n) is 3.71. The van der Waals surface area contributed by atoms with Gasteiger partial charge in [-0.2, -0.15) is 0 Å². The lowest BCUT2D eigenvalue weighted by Crippen LogP contribution is -2.20. The van der Waals surface area contributed by atoms with Crippen molar-refractivity contribution in [1.29, 1.82) is 0 Å². The van der Waals surface area contributed by atoms with Crippen LogP contribution in [0.5, 0.6) is 5.75 Å². The molecule has 1 atom stereocenters. The van der Waals surface area contributed by atoms with E-state index in [9.17, 15) is 13.2 Å². The average Bonchev–Trinajstić information content (AvgIpc) is 3.42. The van der Waals surface area contributed by atoms with E-state index in [2.05, 4.69) is 9.71 Å². The van der Waals surface area contributed by atoms with Crippen molar-refractivity contribution >= 4 is 38.4 Å².